The minimum atomic E-state index is -0.959. The fourth-order valence-corrected chi connectivity index (χ4v) is 7.45. The zero-order chi connectivity index (χ0) is 37.7. The summed E-state index contributed by atoms with van der Waals surface area (Å²) in [5, 5.41) is 5.96. The number of nitrogens with two attached hydrogens (primary N) is 1. The Morgan fingerprint density at radius 3 is 2.14 bits per heavy atom. The van der Waals surface area contributed by atoms with Crippen LogP contribution in [0.25, 0.3) is 0 Å². The predicted octanol–water partition coefficient (Wildman–Crippen LogP) is 2.68. The van der Waals surface area contributed by atoms with Crippen molar-refractivity contribution in [2.24, 2.45) is 23.5 Å². The zero-order valence-electron chi connectivity index (χ0n) is 32.5. The molecule has 1 saturated heterocycles. The molecular formula is C38H66N6O6. The highest BCUT2D eigenvalue weighted by molar-refractivity contribution is 5.90. The standard InChI is InChI=1S/C38H66N6O6/c1-12-25(4)34(43(9)38(48)32(27(6)39)41-37(47)33(24(2)3)42(7)8)30(49-10)23-31(45)44-22-16-19-29(44)35(50-11)26(5)36(46)40-21-20-28-17-14-13-15-18-28/h13-15,17-18,24-27,29-30,32-35H,12,16,19-23,39H2,1-11H3,(H,40,46)(H,41,47)/t25-,26+,27-,29?,30+,32-,33?,34-,35+/m0/s1. The van der Waals surface area contributed by atoms with Gasteiger partial charge in [-0.3, -0.25) is 24.1 Å². The number of carbonyl (C=O) groups is 4. The Labute approximate surface area is 301 Å². The van der Waals surface area contributed by atoms with Gasteiger partial charge in [-0.15, -0.1) is 0 Å². The molecule has 12 nitrogen and oxygen atoms in total. The summed E-state index contributed by atoms with van der Waals surface area (Å²) in [5.41, 5.74) is 7.45. The molecule has 1 aliphatic heterocycles. The highest BCUT2D eigenvalue weighted by Crippen LogP contribution is 2.29. The number of ether oxygens (including phenoxy) is 2. The van der Waals surface area contributed by atoms with Gasteiger partial charge >= 0.3 is 0 Å². The first kappa shape index (κ1) is 43.1. The monoisotopic (exact) mass is 703 g/mol. The van der Waals surface area contributed by atoms with Crippen LogP contribution in [0.2, 0.25) is 0 Å². The Kier molecular flexibility index (Phi) is 17.9. The van der Waals surface area contributed by atoms with Gasteiger partial charge in [-0.25, -0.2) is 0 Å². The van der Waals surface area contributed by atoms with E-state index in [1.54, 1.807) is 33.1 Å². The van der Waals surface area contributed by atoms with Crippen LogP contribution in [0.5, 0.6) is 0 Å². The number of hydrogen-bond donors (Lipinski definition) is 3. The highest BCUT2D eigenvalue weighted by Gasteiger charge is 2.43. The lowest BCUT2D eigenvalue weighted by atomic mass is 9.89. The normalized spacial score (nSPS) is 19.6. The highest BCUT2D eigenvalue weighted by atomic mass is 16.5. The van der Waals surface area contributed by atoms with Crippen molar-refractivity contribution < 1.29 is 28.7 Å². The topological polar surface area (TPSA) is 147 Å². The molecule has 4 N–H and O–H groups in total. The first-order chi connectivity index (χ1) is 23.6. The van der Waals surface area contributed by atoms with Gasteiger partial charge in [-0.05, 0) is 57.7 Å². The first-order valence-corrected chi connectivity index (χ1v) is 18.3. The van der Waals surface area contributed by atoms with E-state index in [-0.39, 0.29) is 47.9 Å². The van der Waals surface area contributed by atoms with E-state index in [1.165, 1.54) is 0 Å². The van der Waals surface area contributed by atoms with E-state index >= 15 is 0 Å². The predicted molar refractivity (Wildman–Crippen MR) is 197 cm³/mol. The minimum Gasteiger partial charge on any atom is -0.379 e. The van der Waals surface area contributed by atoms with E-state index < -0.39 is 42.3 Å². The molecule has 0 saturated carbocycles. The second-order valence-corrected chi connectivity index (χ2v) is 14.6. The molecule has 0 aliphatic carbocycles. The fraction of sp³-hybridized carbons (Fsp3) is 0.737. The van der Waals surface area contributed by atoms with E-state index in [2.05, 4.69) is 10.6 Å². The first-order valence-electron chi connectivity index (χ1n) is 18.3. The number of nitrogens with zero attached hydrogens (tertiary/aromatic N) is 3. The zero-order valence-corrected chi connectivity index (χ0v) is 32.5. The molecule has 284 valence electrons. The van der Waals surface area contributed by atoms with Crippen LogP contribution in [0.3, 0.4) is 0 Å². The van der Waals surface area contributed by atoms with E-state index in [4.69, 9.17) is 15.2 Å². The summed E-state index contributed by atoms with van der Waals surface area (Å²) in [4.78, 5) is 60.0. The number of rotatable bonds is 20. The molecule has 4 amide bonds. The van der Waals surface area contributed by atoms with Gasteiger partial charge < -0.3 is 35.6 Å². The lowest BCUT2D eigenvalue weighted by Crippen LogP contribution is -2.62. The Hall–Kier alpha value is -3.06. The van der Waals surface area contributed by atoms with Crippen molar-refractivity contribution in [1.29, 1.82) is 0 Å². The number of nitrogens with one attached hydrogen (secondary N) is 2. The number of benzene rings is 1. The maximum Gasteiger partial charge on any atom is 0.246 e. The molecule has 9 atom stereocenters. The van der Waals surface area contributed by atoms with Crippen molar-refractivity contribution in [2.75, 3.05) is 48.5 Å². The van der Waals surface area contributed by atoms with Gasteiger partial charge in [-0.1, -0.05) is 71.4 Å². The van der Waals surface area contributed by atoms with Crippen molar-refractivity contribution in [3.05, 3.63) is 35.9 Å². The SMILES string of the molecule is CC[C@H](C)[C@@H]([C@@H](CC(=O)N1CCCC1[C@H](OC)[C@@H](C)C(=O)NCCc1ccccc1)OC)N(C)C(=O)[C@@H](NC(=O)C(C(C)C)N(C)C)[C@H](C)N. The van der Waals surface area contributed by atoms with Crippen LogP contribution in [0.15, 0.2) is 30.3 Å². The summed E-state index contributed by atoms with van der Waals surface area (Å²) in [7, 11) is 8.51. The molecule has 1 heterocycles. The maximum atomic E-state index is 14.1. The van der Waals surface area contributed by atoms with Gasteiger partial charge in [0.25, 0.3) is 0 Å². The average Bonchev–Trinajstić information content (AvgIpc) is 3.56. The quantitative estimate of drug-likeness (QED) is 0.188. The molecule has 50 heavy (non-hydrogen) atoms. The summed E-state index contributed by atoms with van der Waals surface area (Å²) in [6.07, 6.45) is 1.90. The molecule has 2 unspecified atom stereocenters. The van der Waals surface area contributed by atoms with E-state index in [0.717, 1.165) is 31.2 Å². The van der Waals surface area contributed by atoms with Gasteiger partial charge in [0, 0.05) is 40.4 Å². The van der Waals surface area contributed by atoms with Crippen molar-refractivity contribution in [2.45, 2.75) is 116 Å². The largest absolute Gasteiger partial charge is 0.379 e. The summed E-state index contributed by atoms with van der Waals surface area (Å²) >= 11 is 0. The van der Waals surface area contributed by atoms with E-state index in [0.29, 0.717) is 13.1 Å². The van der Waals surface area contributed by atoms with Crippen LogP contribution in [-0.4, -0.2) is 129 Å². The van der Waals surface area contributed by atoms with Crippen LogP contribution in [0.4, 0.5) is 0 Å². The van der Waals surface area contributed by atoms with Crippen molar-refractivity contribution in [3.8, 4) is 0 Å². The van der Waals surface area contributed by atoms with Crippen LogP contribution >= 0.6 is 0 Å². The van der Waals surface area contributed by atoms with Crippen molar-refractivity contribution in [3.63, 3.8) is 0 Å². The van der Waals surface area contributed by atoms with Gasteiger partial charge in [0.05, 0.1) is 42.7 Å². The number of likely N-dealkylation sites (tertiary alicyclic amines) is 1. The number of hydrogen-bond acceptors (Lipinski definition) is 8. The number of methoxy groups -OCH3 is 2. The molecule has 1 aromatic rings. The molecule has 12 heteroatoms. The molecule has 0 radical (unpaired) electrons. The Morgan fingerprint density at radius 1 is 0.980 bits per heavy atom. The third-order valence-corrected chi connectivity index (χ3v) is 10.4. The molecule has 1 aliphatic rings. The molecule has 1 aromatic carbocycles. The molecule has 0 spiro atoms. The number of amides is 4. The lowest BCUT2D eigenvalue weighted by molar-refractivity contribution is -0.147. The van der Waals surface area contributed by atoms with Gasteiger partial charge in [0.15, 0.2) is 0 Å². The van der Waals surface area contributed by atoms with Gasteiger partial charge in [0.2, 0.25) is 23.6 Å². The molecule has 1 fully saturated rings. The minimum absolute atomic E-state index is 0.0208. The summed E-state index contributed by atoms with van der Waals surface area (Å²) in [5.74, 6) is -1.31. The third kappa shape index (κ3) is 11.5. The molecule has 0 bridgehead atoms. The van der Waals surface area contributed by atoms with E-state index in [9.17, 15) is 19.2 Å². The van der Waals surface area contributed by atoms with Crippen LogP contribution < -0.4 is 16.4 Å². The smallest absolute Gasteiger partial charge is 0.246 e. The second kappa shape index (κ2) is 20.7. The number of carbonyl (C=O) groups excluding carboxylic acids is 4. The van der Waals surface area contributed by atoms with Crippen LogP contribution in [0.1, 0.15) is 72.8 Å². The summed E-state index contributed by atoms with van der Waals surface area (Å²) in [6.45, 7) is 12.6. The third-order valence-electron chi connectivity index (χ3n) is 10.4. The Morgan fingerprint density at radius 2 is 1.62 bits per heavy atom. The molecular weight excluding hydrogens is 636 g/mol. The summed E-state index contributed by atoms with van der Waals surface area (Å²) in [6, 6.07) is 7.20. The maximum absolute atomic E-state index is 14.1. The second-order valence-electron chi connectivity index (χ2n) is 14.6. The van der Waals surface area contributed by atoms with E-state index in [1.807, 2.05) is 88.8 Å². The molecule has 2 rings (SSSR count). The summed E-state index contributed by atoms with van der Waals surface area (Å²) < 4.78 is 11.9. The van der Waals surface area contributed by atoms with Gasteiger partial charge in [-0.2, -0.15) is 0 Å². The van der Waals surface area contributed by atoms with Crippen LogP contribution in [0, 0.1) is 17.8 Å². The average molecular weight is 703 g/mol. The van der Waals surface area contributed by atoms with Crippen LogP contribution in [-0.2, 0) is 35.1 Å². The van der Waals surface area contributed by atoms with Gasteiger partial charge in [0.1, 0.15) is 6.04 Å². The fourth-order valence-electron chi connectivity index (χ4n) is 7.45. The Balaban J connectivity index is 2.21. The molecule has 0 aromatic heterocycles. The lowest BCUT2D eigenvalue weighted by Gasteiger charge is -2.41. The Bertz CT molecular complexity index is 1210. The number of likely N-dealkylation sites (N-methyl/N-ethyl adjacent to an activating group) is 2. The van der Waals surface area contributed by atoms with Crippen molar-refractivity contribution in [1.82, 2.24) is 25.3 Å². The van der Waals surface area contributed by atoms with Crippen molar-refractivity contribution >= 4 is 23.6 Å².